The number of hydrogen-bond donors (Lipinski definition) is 1. The minimum absolute atomic E-state index is 0.0253. The number of likely N-dealkylation sites (tertiary alicyclic amines) is 1. The molecule has 1 aliphatic heterocycles. The lowest BCUT2D eigenvalue weighted by molar-refractivity contribution is -0.138. The van der Waals surface area contributed by atoms with Gasteiger partial charge in [-0.25, -0.2) is 9.07 Å². The number of carbonyl (C=O) groups is 1. The molecule has 6 rings (SSSR count). The van der Waals surface area contributed by atoms with E-state index in [4.69, 9.17) is 4.74 Å². The summed E-state index contributed by atoms with van der Waals surface area (Å²) >= 11 is 0. The summed E-state index contributed by atoms with van der Waals surface area (Å²) in [6.45, 7) is 6.02. The first-order chi connectivity index (χ1) is 21.0. The van der Waals surface area contributed by atoms with Crippen LogP contribution in [0.25, 0.3) is 27.8 Å². The van der Waals surface area contributed by atoms with Gasteiger partial charge in [0.2, 0.25) is 5.91 Å². The van der Waals surface area contributed by atoms with Crippen molar-refractivity contribution in [3.63, 3.8) is 0 Å². The number of fused-ring (bicyclic) bond motifs is 1. The van der Waals surface area contributed by atoms with E-state index in [0.29, 0.717) is 37.4 Å². The van der Waals surface area contributed by atoms with Crippen molar-refractivity contribution in [2.24, 2.45) is 0 Å². The normalized spacial score (nSPS) is 17.3. The van der Waals surface area contributed by atoms with Gasteiger partial charge in [-0.15, -0.1) is 5.10 Å². The summed E-state index contributed by atoms with van der Waals surface area (Å²) in [6, 6.07) is 14.3. The highest BCUT2D eigenvalue weighted by atomic mass is 19.1. The third-order valence-electron chi connectivity index (χ3n) is 8.40. The Balaban J connectivity index is 1.28. The van der Waals surface area contributed by atoms with Gasteiger partial charge in [0.25, 0.3) is 0 Å². The van der Waals surface area contributed by atoms with Crippen molar-refractivity contribution in [1.82, 2.24) is 40.0 Å². The van der Waals surface area contributed by atoms with Crippen molar-refractivity contribution >= 4 is 16.8 Å². The van der Waals surface area contributed by atoms with Crippen LogP contribution in [0.2, 0.25) is 0 Å². The maximum atomic E-state index is 15.0. The lowest BCUT2D eigenvalue weighted by atomic mass is 9.89. The number of aromatic nitrogens is 6. The molecule has 222 valence electrons. The first-order valence-corrected chi connectivity index (χ1v) is 14.7. The predicted molar refractivity (Wildman–Crippen MR) is 161 cm³/mol. The third kappa shape index (κ3) is 5.60. The Morgan fingerprint density at radius 3 is 2.70 bits per heavy atom. The van der Waals surface area contributed by atoms with Crippen LogP contribution in [-0.4, -0.2) is 78.7 Å². The molecule has 4 heterocycles. The monoisotopic (exact) mass is 582 g/mol. The molecule has 0 bridgehead atoms. The van der Waals surface area contributed by atoms with Crippen molar-refractivity contribution < 1.29 is 13.9 Å². The number of ether oxygens (including phenoxy) is 1. The number of carbonyl (C=O) groups excluding carboxylic acids is 1. The number of halogens is 1. The van der Waals surface area contributed by atoms with E-state index in [1.165, 1.54) is 13.2 Å². The van der Waals surface area contributed by atoms with Gasteiger partial charge in [-0.1, -0.05) is 11.3 Å². The number of piperidine rings is 1. The SMILES string of the molecule is CCN(CC)C(=O)[C@@H]1CCC(c2cn(-c3ccc4[nH]nc(-c5ccncc5)c4c3)nn2)CN1Cc1c(F)cccc1OC. The summed E-state index contributed by atoms with van der Waals surface area (Å²) in [6.07, 6.45) is 6.86. The topological polar surface area (TPSA) is 105 Å². The Morgan fingerprint density at radius 1 is 1.12 bits per heavy atom. The second-order valence-corrected chi connectivity index (χ2v) is 10.8. The van der Waals surface area contributed by atoms with E-state index in [1.807, 2.05) is 55.3 Å². The Labute approximate surface area is 249 Å². The van der Waals surface area contributed by atoms with Gasteiger partial charge < -0.3 is 9.64 Å². The predicted octanol–water partition coefficient (Wildman–Crippen LogP) is 4.97. The number of hydrogen-bond acceptors (Lipinski definition) is 7. The Bertz CT molecular complexity index is 1720. The van der Waals surface area contributed by atoms with E-state index in [-0.39, 0.29) is 30.2 Å². The van der Waals surface area contributed by atoms with Crippen molar-refractivity contribution in [3.05, 3.63) is 84.2 Å². The fourth-order valence-corrected chi connectivity index (χ4v) is 6.04. The van der Waals surface area contributed by atoms with Gasteiger partial charge >= 0.3 is 0 Å². The van der Waals surface area contributed by atoms with Crippen LogP contribution in [0.4, 0.5) is 4.39 Å². The van der Waals surface area contributed by atoms with Crippen LogP contribution in [0.3, 0.4) is 0 Å². The van der Waals surface area contributed by atoms with Crippen LogP contribution in [-0.2, 0) is 11.3 Å². The second kappa shape index (κ2) is 12.3. The van der Waals surface area contributed by atoms with Gasteiger partial charge in [0.15, 0.2) is 0 Å². The van der Waals surface area contributed by atoms with E-state index in [0.717, 1.165) is 40.0 Å². The van der Waals surface area contributed by atoms with E-state index < -0.39 is 0 Å². The van der Waals surface area contributed by atoms with Crippen molar-refractivity contribution in [3.8, 4) is 22.7 Å². The molecule has 3 aromatic heterocycles. The Hall–Kier alpha value is -4.64. The lowest BCUT2D eigenvalue weighted by Gasteiger charge is -2.40. The molecule has 11 heteroatoms. The summed E-state index contributed by atoms with van der Waals surface area (Å²) in [5, 5.41) is 17.6. The smallest absolute Gasteiger partial charge is 0.239 e. The molecule has 10 nitrogen and oxygen atoms in total. The highest BCUT2D eigenvalue weighted by molar-refractivity contribution is 5.94. The molecule has 0 spiro atoms. The third-order valence-corrected chi connectivity index (χ3v) is 8.40. The maximum absolute atomic E-state index is 15.0. The molecule has 1 amide bonds. The van der Waals surface area contributed by atoms with Gasteiger partial charge in [0.05, 0.1) is 36.2 Å². The summed E-state index contributed by atoms with van der Waals surface area (Å²) in [7, 11) is 1.54. The molecule has 43 heavy (non-hydrogen) atoms. The number of methoxy groups -OCH3 is 1. The molecule has 0 radical (unpaired) electrons. The van der Waals surface area contributed by atoms with Crippen LogP contribution in [0, 0.1) is 5.82 Å². The molecule has 1 aliphatic rings. The number of nitrogens with one attached hydrogen (secondary N) is 1. The van der Waals surface area contributed by atoms with E-state index in [9.17, 15) is 4.79 Å². The van der Waals surface area contributed by atoms with E-state index in [2.05, 4.69) is 30.4 Å². The first kappa shape index (κ1) is 28.5. The van der Waals surface area contributed by atoms with Gasteiger partial charge in [0, 0.05) is 61.0 Å². The van der Waals surface area contributed by atoms with Crippen LogP contribution in [0.15, 0.2) is 67.1 Å². The standard InChI is InChI=1S/C32H35FN8O2/c1-4-39(5-2)32(42)29-12-9-22(18-40(29)19-25-26(33)7-6-8-30(25)43-3)28-20-41(38-36-28)23-10-11-27-24(17-23)31(37-35-27)21-13-15-34-16-14-21/h6-8,10-11,13-17,20,22,29H,4-5,9,12,18-19H2,1-3H3,(H,35,37)/t22?,29-/m0/s1. The van der Waals surface area contributed by atoms with Crippen molar-refractivity contribution in [2.45, 2.75) is 45.2 Å². The summed E-state index contributed by atoms with van der Waals surface area (Å²) in [5.41, 5.74) is 4.88. The molecule has 2 atom stereocenters. The van der Waals surface area contributed by atoms with Gasteiger partial charge in [-0.3, -0.25) is 19.8 Å². The van der Waals surface area contributed by atoms with Gasteiger partial charge in [-0.05, 0) is 69.2 Å². The number of H-pyrrole nitrogens is 1. The fraction of sp³-hybridized carbons (Fsp3) is 0.344. The quantitative estimate of drug-likeness (QED) is 0.262. The van der Waals surface area contributed by atoms with Crippen LogP contribution in [0.1, 0.15) is 43.9 Å². The van der Waals surface area contributed by atoms with Crippen molar-refractivity contribution in [2.75, 3.05) is 26.7 Å². The number of pyridine rings is 1. The van der Waals surface area contributed by atoms with Crippen LogP contribution >= 0.6 is 0 Å². The number of rotatable bonds is 9. The summed E-state index contributed by atoms with van der Waals surface area (Å²) in [5.74, 6) is 0.225. The fourth-order valence-electron chi connectivity index (χ4n) is 6.04. The highest BCUT2D eigenvalue weighted by Gasteiger charge is 2.37. The number of amides is 1. The molecule has 1 N–H and O–H groups in total. The second-order valence-electron chi connectivity index (χ2n) is 10.8. The molecule has 1 unspecified atom stereocenters. The molecule has 2 aromatic carbocycles. The number of aromatic amines is 1. The van der Waals surface area contributed by atoms with E-state index in [1.54, 1.807) is 29.2 Å². The molecule has 0 saturated carbocycles. The molecule has 0 aliphatic carbocycles. The van der Waals surface area contributed by atoms with Crippen molar-refractivity contribution in [1.29, 1.82) is 0 Å². The number of benzene rings is 2. The number of likely N-dealkylation sites (N-methyl/N-ethyl adjacent to an activating group) is 1. The van der Waals surface area contributed by atoms with Gasteiger partial charge in [-0.2, -0.15) is 5.10 Å². The minimum Gasteiger partial charge on any atom is -0.496 e. The molecular formula is C32H35FN8O2. The minimum atomic E-state index is -0.356. The van der Waals surface area contributed by atoms with Crippen LogP contribution in [0.5, 0.6) is 5.75 Å². The molecule has 1 fully saturated rings. The zero-order chi connectivity index (χ0) is 29.9. The number of nitrogens with zero attached hydrogens (tertiary/aromatic N) is 7. The lowest BCUT2D eigenvalue weighted by Crippen LogP contribution is -2.52. The average Bonchev–Trinajstić information content (AvgIpc) is 3.71. The van der Waals surface area contributed by atoms with E-state index >= 15 is 4.39 Å². The summed E-state index contributed by atoms with van der Waals surface area (Å²) in [4.78, 5) is 21.6. The Morgan fingerprint density at radius 2 is 1.93 bits per heavy atom. The van der Waals surface area contributed by atoms with Crippen LogP contribution < -0.4 is 4.74 Å². The molecular weight excluding hydrogens is 547 g/mol. The zero-order valence-electron chi connectivity index (χ0n) is 24.6. The zero-order valence-corrected chi connectivity index (χ0v) is 24.6. The molecule has 5 aromatic rings. The first-order valence-electron chi connectivity index (χ1n) is 14.7. The summed E-state index contributed by atoms with van der Waals surface area (Å²) < 4.78 is 22.3. The van der Waals surface area contributed by atoms with Gasteiger partial charge in [0.1, 0.15) is 17.3 Å². The average molecular weight is 583 g/mol. The molecule has 1 saturated heterocycles. The Kier molecular flexibility index (Phi) is 8.15. The maximum Gasteiger partial charge on any atom is 0.239 e. The largest absolute Gasteiger partial charge is 0.496 e. The highest BCUT2D eigenvalue weighted by Crippen LogP contribution is 2.34.